The first kappa shape index (κ1) is 45.8. The van der Waals surface area contributed by atoms with Crippen molar-refractivity contribution in [2.45, 2.75) is 180 Å². The first-order chi connectivity index (χ1) is 23.5. The summed E-state index contributed by atoms with van der Waals surface area (Å²) in [6, 6.07) is 0. The molecule has 0 unspecified atom stereocenters. The van der Waals surface area contributed by atoms with Gasteiger partial charge in [-0.05, 0) is 63.7 Å². The second-order valence-corrected chi connectivity index (χ2v) is 13.6. The summed E-state index contributed by atoms with van der Waals surface area (Å²) < 4.78 is 10.3. The second kappa shape index (κ2) is 37.6. The van der Waals surface area contributed by atoms with E-state index in [1.54, 1.807) is 0 Å². The van der Waals surface area contributed by atoms with Crippen LogP contribution in [-0.2, 0) is 19.1 Å². The summed E-state index contributed by atoms with van der Waals surface area (Å²) in [6.07, 6.45) is 43.2. The van der Waals surface area contributed by atoms with Crippen molar-refractivity contribution in [1.29, 1.82) is 0 Å². The lowest BCUT2D eigenvalue weighted by atomic mass is 10.0. The van der Waals surface area contributed by atoms with Crippen LogP contribution in [0.2, 0.25) is 0 Å². The van der Waals surface area contributed by atoms with Crippen LogP contribution in [0.3, 0.4) is 0 Å². The number of aliphatic hydroxyl groups is 2. The molecule has 0 aliphatic heterocycles. The molecule has 0 saturated carbocycles. The molecule has 6 heteroatoms. The van der Waals surface area contributed by atoms with Crippen LogP contribution in [-0.4, -0.2) is 48.1 Å². The van der Waals surface area contributed by atoms with E-state index < -0.39 is 6.10 Å². The summed E-state index contributed by atoms with van der Waals surface area (Å²) in [6.45, 7) is 4.62. The van der Waals surface area contributed by atoms with Gasteiger partial charge >= 0.3 is 11.9 Å². The third kappa shape index (κ3) is 38.3. The fraction of sp³-hybridized carbons (Fsp3) is 0.762. The normalized spacial score (nSPS) is 12.8. The van der Waals surface area contributed by atoms with Crippen LogP contribution in [0.5, 0.6) is 0 Å². The molecule has 0 aliphatic carbocycles. The van der Waals surface area contributed by atoms with Gasteiger partial charge in [-0.1, -0.05) is 152 Å². The molecule has 0 aromatic heterocycles. The number of esters is 2. The van der Waals surface area contributed by atoms with E-state index in [-0.39, 0.29) is 25.2 Å². The number of rotatable bonds is 35. The first-order valence-corrected chi connectivity index (χ1v) is 19.7. The minimum absolute atomic E-state index is 0.139. The standard InChI is InChI=1S/C42H74O6/c1-39(2)33-29-25-21-17-13-9-8-11-15-19-23-27-31-35-42(46)48-38-40(44)37-47-41(45)34-30-26-22-18-14-10-6-4-3-5-7-12-16-20-24-28-32-36-43/h3,5-6,10,12,16,18,22,39-40,43-44H,4,7-9,11,13-15,17,19-21,23-38H2,1-2H3/b5-3-,10-6-,16-12-,22-18-/t40-/m0/s1. The summed E-state index contributed by atoms with van der Waals surface area (Å²) in [4.78, 5) is 23.9. The molecule has 0 fully saturated rings. The molecule has 0 bridgehead atoms. The minimum atomic E-state index is -0.992. The monoisotopic (exact) mass is 675 g/mol. The Morgan fingerprint density at radius 1 is 0.500 bits per heavy atom. The Balaban J connectivity index is 3.53. The average Bonchev–Trinajstić information content (AvgIpc) is 3.07. The fourth-order valence-corrected chi connectivity index (χ4v) is 5.30. The maximum Gasteiger partial charge on any atom is 0.305 e. The van der Waals surface area contributed by atoms with E-state index in [1.807, 2.05) is 0 Å². The molecule has 0 heterocycles. The third-order valence-corrected chi connectivity index (χ3v) is 8.30. The molecule has 2 N–H and O–H groups in total. The van der Waals surface area contributed by atoms with Crippen molar-refractivity contribution >= 4 is 11.9 Å². The number of unbranched alkanes of at least 4 members (excludes halogenated alkanes) is 16. The van der Waals surface area contributed by atoms with Crippen molar-refractivity contribution in [1.82, 2.24) is 0 Å². The highest BCUT2D eigenvalue weighted by atomic mass is 16.6. The summed E-state index contributed by atoms with van der Waals surface area (Å²) in [7, 11) is 0. The molecule has 0 spiro atoms. The van der Waals surface area contributed by atoms with Gasteiger partial charge < -0.3 is 19.7 Å². The molecular weight excluding hydrogens is 600 g/mol. The maximum absolute atomic E-state index is 12.0. The molecule has 0 aromatic carbocycles. The van der Waals surface area contributed by atoms with E-state index in [2.05, 4.69) is 62.5 Å². The van der Waals surface area contributed by atoms with Crippen molar-refractivity contribution in [3.05, 3.63) is 48.6 Å². The Morgan fingerprint density at radius 3 is 1.33 bits per heavy atom. The Kier molecular flexibility index (Phi) is 35.9. The number of allylic oxidation sites excluding steroid dienone is 8. The third-order valence-electron chi connectivity index (χ3n) is 8.30. The highest BCUT2D eigenvalue weighted by molar-refractivity contribution is 5.69. The predicted octanol–water partition coefficient (Wildman–Crippen LogP) is 11.1. The summed E-state index contributed by atoms with van der Waals surface area (Å²) in [5.41, 5.74) is 0. The number of ether oxygens (including phenoxy) is 2. The number of aliphatic hydroxyl groups excluding tert-OH is 2. The van der Waals surface area contributed by atoms with E-state index in [4.69, 9.17) is 14.6 Å². The largest absolute Gasteiger partial charge is 0.463 e. The van der Waals surface area contributed by atoms with Crippen LogP contribution in [0.15, 0.2) is 48.6 Å². The van der Waals surface area contributed by atoms with Crippen molar-refractivity contribution < 1.29 is 29.3 Å². The van der Waals surface area contributed by atoms with Gasteiger partial charge in [0.05, 0.1) is 0 Å². The second-order valence-electron chi connectivity index (χ2n) is 13.6. The average molecular weight is 675 g/mol. The van der Waals surface area contributed by atoms with Gasteiger partial charge in [0.15, 0.2) is 0 Å². The van der Waals surface area contributed by atoms with Crippen molar-refractivity contribution in [3.63, 3.8) is 0 Å². The molecule has 0 amide bonds. The van der Waals surface area contributed by atoms with Crippen molar-refractivity contribution in [2.24, 2.45) is 5.92 Å². The van der Waals surface area contributed by atoms with Gasteiger partial charge in [0.25, 0.3) is 0 Å². The molecule has 0 aliphatic rings. The van der Waals surface area contributed by atoms with Crippen LogP contribution in [0.4, 0.5) is 0 Å². The molecule has 1 atom stereocenters. The SMILES string of the molecule is CC(C)CCCCCCCCCCCCCCCC(=O)OC[C@@H](O)COC(=O)CCC/C=C\C/C=C\C/C=C\C/C=C\CCCCCO. The smallest absolute Gasteiger partial charge is 0.305 e. The van der Waals surface area contributed by atoms with Crippen LogP contribution in [0, 0.1) is 5.92 Å². The van der Waals surface area contributed by atoms with Crippen molar-refractivity contribution in [3.8, 4) is 0 Å². The summed E-state index contributed by atoms with van der Waals surface area (Å²) >= 11 is 0. The Labute approximate surface area is 295 Å². The van der Waals surface area contributed by atoms with Gasteiger partial charge in [0.2, 0.25) is 0 Å². The Morgan fingerprint density at radius 2 is 0.875 bits per heavy atom. The van der Waals surface area contributed by atoms with Crippen LogP contribution < -0.4 is 0 Å². The zero-order valence-corrected chi connectivity index (χ0v) is 31.1. The summed E-state index contributed by atoms with van der Waals surface area (Å²) in [5.74, 6) is 0.200. The topological polar surface area (TPSA) is 93.1 Å². The lowest BCUT2D eigenvalue weighted by molar-refractivity contribution is -0.152. The molecule has 0 rings (SSSR count). The van der Waals surface area contributed by atoms with E-state index in [0.29, 0.717) is 25.9 Å². The predicted molar refractivity (Wildman–Crippen MR) is 202 cm³/mol. The lowest BCUT2D eigenvalue weighted by Crippen LogP contribution is -2.25. The van der Waals surface area contributed by atoms with Gasteiger partial charge in [-0.25, -0.2) is 0 Å². The van der Waals surface area contributed by atoms with E-state index >= 15 is 0 Å². The molecule has 6 nitrogen and oxygen atoms in total. The van der Waals surface area contributed by atoms with E-state index in [9.17, 15) is 14.7 Å². The zero-order chi connectivity index (χ0) is 35.2. The van der Waals surface area contributed by atoms with Gasteiger partial charge in [-0.2, -0.15) is 0 Å². The molecule has 0 aromatic rings. The summed E-state index contributed by atoms with van der Waals surface area (Å²) in [5, 5.41) is 18.8. The maximum atomic E-state index is 12.0. The Hall–Kier alpha value is -2.18. The Bertz CT molecular complexity index is 828. The van der Waals surface area contributed by atoms with Crippen LogP contribution in [0.25, 0.3) is 0 Å². The van der Waals surface area contributed by atoms with Gasteiger partial charge in [-0.15, -0.1) is 0 Å². The highest BCUT2D eigenvalue weighted by Crippen LogP contribution is 2.15. The lowest BCUT2D eigenvalue weighted by Gasteiger charge is -2.12. The number of carbonyl (C=O) groups is 2. The van der Waals surface area contributed by atoms with Crippen LogP contribution in [0.1, 0.15) is 174 Å². The molecule has 0 radical (unpaired) electrons. The molecular formula is C42H74O6. The quantitative estimate of drug-likeness (QED) is 0.0395. The highest BCUT2D eigenvalue weighted by Gasteiger charge is 2.12. The van der Waals surface area contributed by atoms with E-state index in [1.165, 1.54) is 70.6 Å². The number of hydrogen-bond donors (Lipinski definition) is 2. The minimum Gasteiger partial charge on any atom is -0.463 e. The van der Waals surface area contributed by atoms with E-state index in [0.717, 1.165) is 76.5 Å². The van der Waals surface area contributed by atoms with Crippen molar-refractivity contribution in [2.75, 3.05) is 19.8 Å². The van der Waals surface area contributed by atoms with Gasteiger partial charge in [-0.3, -0.25) is 9.59 Å². The zero-order valence-electron chi connectivity index (χ0n) is 31.1. The van der Waals surface area contributed by atoms with Gasteiger partial charge in [0.1, 0.15) is 19.3 Å². The number of carbonyl (C=O) groups excluding carboxylic acids is 2. The fourth-order valence-electron chi connectivity index (χ4n) is 5.30. The molecule has 0 saturated heterocycles. The molecule has 278 valence electrons. The number of hydrogen-bond acceptors (Lipinski definition) is 6. The van der Waals surface area contributed by atoms with Gasteiger partial charge in [0, 0.05) is 19.4 Å². The molecule has 48 heavy (non-hydrogen) atoms. The first-order valence-electron chi connectivity index (χ1n) is 19.7. The van der Waals surface area contributed by atoms with Crippen LogP contribution >= 0.6 is 0 Å².